The Morgan fingerprint density at radius 2 is 1.97 bits per heavy atom. The molecule has 1 N–H and O–H groups in total. The summed E-state index contributed by atoms with van der Waals surface area (Å²) >= 11 is 0. The highest BCUT2D eigenvalue weighted by molar-refractivity contribution is 5.97. The van der Waals surface area contributed by atoms with Gasteiger partial charge in [-0.05, 0) is 30.2 Å². The highest BCUT2D eigenvalue weighted by atomic mass is 19.4. The van der Waals surface area contributed by atoms with Gasteiger partial charge in [-0.2, -0.15) is 13.2 Å². The Balaban J connectivity index is 1.60. The lowest BCUT2D eigenvalue weighted by atomic mass is 9.96. The number of carbonyl (C=O) groups excluding carboxylic acids is 1. The zero-order valence-corrected chi connectivity index (χ0v) is 18.4. The molecule has 0 spiro atoms. The molecule has 3 aromatic rings. The van der Waals surface area contributed by atoms with Gasteiger partial charge in [-0.3, -0.25) is 9.69 Å². The number of nitrogens with one attached hydrogen (secondary N) is 1. The van der Waals surface area contributed by atoms with E-state index in [0.29, 0.717) is 53.5 Å². The van der Waals surface area contributed by atoms with E-state index in [1.54, 1.807) is 25.3 Å². The lowest BCUT2D eigenvalue weighted by molar-refractivity contribution is -0.139. The first kappa shape index (κ1) is 22.5. The van der Waals surface area contributed by atoms with Crippen LogP contribution in [0.3, 0.4) is 0 Å². The third-order valence-corrected chi connectivity index (χ3v) is 5.93. The summed E-state index contributed by atoms with van der Waals surface area (Å²) in [4.78, 5) is 27.4. The second-order valence-electron chi connectivity index (χ2n) is 8.19. The number of pyridine rings is 1. The number of fused-ring (bicyclic) bond motifs is 5. The van der Waals surface area contributed by atoms with Crippen molar-refractivity contribution in [1.82, 2.24) is 15.0 Å². The fourth-order valence-electron chi connectivity index (χ4n) is 4.26. The quantitative estimate of drug-likeness (QED) is 0.577. The number of alkyl halides is 3. The minimum absolute atomic E-state index is 0.0182. The van der Waals surface area contributed by atoms with Gasteiger partial charge in [0.2, 0.25) is 0 Å². The van der Waals surface area contributed by atoms with Crippen molar-refractivity contribution < 1.29 is 27.4 Å². The summed E-state index contributed by atoms with van der Waals surface area (Å²) in [5.41, 5.74) is 0.428. The minimum Gasteiger partial charge on any atom is -0.376 e. The van der Waals surface area contributed by atoms with Crippen molar-refractivity contribution in [2.75, 3.05) is 36.6 Å². The van der Waals surface area contributed by atoms with E-state index >= 15 is 0 Å². The van der Waals surface area contributed by atoms with Gasteiger partial charge in [0.1, 0.15) is 24.1 Å². The molecule has 5 rings (SSSR count). The van der Waals surface area contributed by atoms with E-state index in [1.807, 2.05) is 0 Å². The maximum absolute atomic E-state index is 13.7. The molecule has 1 saturated heterocycles. The molecule has 0 aliphatic carbocycles. The molecule has 1 amide bonds. The van der Waals surface area contributed by atoms with E-state index in [9.17, 15) is 18.0 Å². The zero-order chi connectivity index (χ0) is 23.9. The highest BCUT2D eigenvalue weighted by Crippen LogP contribution is 2.37. The number of hydrogen-bond donors (Lipinski definition) is 1. The molecule has 1 aromatic carbocycles. The maximum atomic E-state index is 13.7. The van der Waals surface area contributed by atoms with Crippen LogP contribution in [0.1, 0.15) is 35.5 Å². The van der Waals surface area contributed by atoms with Gasteiger partial charge >= 0.3 is 6.18 Å². The Morgan fingerprint density at radius 3 is 2.76 bits per heavy atom. The Hall–Kier alpha value is -3.31. The van der Waals surface area contributed by atoms with Crippen molar-refractivity contribution in [3.8, 4) is 0 Å². The van der Waals surface area contributed by atoms with E-state index in [-0.39, 0.29) is 31.3 Å². The van der Waals surface area contributed by atoms with Gasteiger partial charge in [0.15, 0.2) is 0 Å². The monoisotopic (exact) mass is 473 g/mol. The number of ether oxygens (including phenoxy) is 2. The SMILES string of the molecule is CC1Nc2nc(nc3cnc(N4CCOCC4=O)cc23)CCOCc2c1cccc2C(F)(F)F. The molecule has 8 nitrogen and oxygen atoms in total. The molecule has 0 saturated carbocycles. The average Bonchev–Trinajstić information content (AvgIpc) is 2.83. The van der Waals surface area contributed by atoms with Gasteiger partial charge in [-0.1, -0.05) is 12.1 Å². The molecule has 11 heteroatoms. The molecule has 2 aliphatic heterocycles. The van der Waals surface area contributed by atoms with Crippen LogP contribution >= 0.6 is 0 Å². The first-order valence-electron chi connectivity index (χ1n) is 10.9. The Bertz CT molecular complexity index is 1250. The number of carbonyl (C=O) groups is 1. The number of hydrogen-bond acceptors (Lipinski definition) is 7. The number of aromatic nitrogens is 3. The van der Waals surface area contributed by atoms with Crippen molar-refractivity contribution in [2.45, 2.75) is 32.2 Å². The van der Waals surface area contributed by atoms with Crippen LogP contribution in [-0.2, 0) is 33.5 Å². The van der Waals surface area contributed by atoms with E-state index in [0.717, 1.165) is 6.07 Å². The van der Waals surface area contributed by atoms with Gasteiger partial charge in [-0.25, -0.2) is 15.0 Å². The van der Waals surface area contributed by atoms with Crippen LogP contribution < -0.4 is 10.2 Å². The summed E-state index contributed by atoms with van der Waals surface area (Å²) in [6.07, 6.45) is -2.60. The lowest BCUT2D eigenvalue weighted by Gasteiger charge is -2.26. The van der Waals surface area contributed by atoms with Crippen LogP contribution in [0.4, 0.5) is 24.8 Å². The van der Waals surface area contributed by atoms with Crippen LogP contribution in [0, 0.1) is 0 Å². The van der Waals surface area contributed by atoms with Crippen molar-refractivity contribution >= 4 is 28.4 Å². The fourth-order valence-corrected chi connectivity index (χ4v) is 4.26. The molecule has 1 fully saturated rings. The predicted octanol–water partition coefficient (Wildman–Crippen LogP) is 3.65. The molecule has 0 radical (unpaired) electrons. The number of amides is 1. The molecule has 2 aromatic heterocycles. The number of anilines is 2. The summed E-state index contributed by atoms with van der Waals surface area (Å²) in [6.45, 7) is 2.53. The van der Waals surface area contributed by atoms with Crippen LogP contribution in [0.2, 0.25) is 0 Å². The molecular formula is C23H22F3N5O3. The summed E-state index contributed by atoms with van der Waals surface area (Å²) in [6, 6.07) is 5.34. The molecule has 34 heavy (non-hydrogen) atoms. The predicted molar refractivity (Wildman–Crippen MR) is 117 cm³/mol. The highest BCUT2D eigenvalue weighted by Gasteiger charge is 2.35. The Labute approximate surface area is 193 Å². The van der Waals surface area contributed by atoms with Gasteiger partial charge < -0.3 is 14.8 Å². The van der Waals surface area contributed by atoms with Gasteiger partial charge in [0.25, 0.3) is 5.91 Å². The molecule has 178 valence electrons. The fraction of sp³-hybridized carbons (Fsp3) is 0.391. The molecule has 1 unspecified atom stereocenters. The number of halogens is 3. The van der Waals surface area contributed by atoms with E-state index in [2.05, 4.69) is 20.3 Å². The van der Waals surface area contributed by atoms with Crippen molar-refractivity contribution in [3.63, 3.8) is 0 Å². The molecule has 1 atom stereocenters. The first-order valence-corrected chi connectivity index (χ1v) is 10.9. The summed E-state index contributed by atoms with van der Waals surface area (Å²) < 4.78 is 51.9. The van der Waals surface area contributed by atoms with Gasteiger partial charge in [0.05, 0.1) is 49.7 Å². The summed E-state index contributed by atoms with van der Waals surface area (Å²) in [7, 11) is 0. The maximum Gasteiger partial charge on any atom is 0.416 e. The lowest BCUT2D eigenvalue weighted by Crippen LogP contribution is -2.42. The van der Waals surface area contributed by atoms with Crippen LogP contribution in [0.25, 0.3) is 10.9 Å². The van der Waals surface area contributed by atoms with Crippen molar-refractivity contribution in [3.05, 3.63) is 53.0 Å². The summed E-state index contributed by atoms with van der Waals surface area (Å²) in [5, 5.41) is 3.89. The number of benzene rings is 1. The van der Waals surface area contributed by atoms with E-state index in [4.69, 9.17) is 9.47 Å². The normalized spacial score (nSPS) is 19.4. The van der Waals surface area contributed by atoms with E-state index in [1.165, 1.54) is 11.0 Å². The zero-order valence-electron chi connectivity index (χ0n) is 18.4. The largest absolute Gasteiger partial charge is 0.416 e. The van der Waals surface area contributed by atoms with Crippen LogP contribution in [-0.4, -0.2) is 47.2 Å². The third-order valence-electron chi connectivity index (χ3n) is 5.93. The second-order valence-corrected chi connectivity index (χ2v) is 8.19. The minimum atomic E-state index is -4.50. The molecule has 2 bridgehead atoms. The van der Waals surface area contributed by atoms with Crippen LogP contribution in [0.15, 0.2) is 30.5 Å². The molecule has 2 aliphatic rings. The Kier molecular flexibility index (Phi) is 5.82. The Morgan fingerprint density at radius 1 is 1.15 bits per heavy atom. The third kappa shape index (κ3) is 4.28. The average molecular weight is 473 g/mol. The summed E-state index contributed by atoms with van der Waals surface area (Å²) in [5.74, 6) is 1.19. The number of rotatable bonds is 1. The number of nitrogens with zero attached hydrogens (tertiary/aromatic N) is 4. The van der Waals surface area contributed by atoms with Crippen molar-refractivity contribution in [2.24, 2.45) is 0 Å². The van der Waals surface area contributed by atoms with Gasteiger partial charge in [-0.15, -0.1) is 0 Å². The second kappa shape index (κ2) is 8.80. The molecule has 4 heterocycles. The van der Waals surface area contributed by atoms with Crippen LogP contribution in [0.5, 0.6) is 0 Å². The number of morpholine rings is 1. The first-order chi connectivity index (χ1) is 16.3. The molecular weight excluding hydrogens is 451 g/mol. The van der Waals surface area contributed by atoms with E-state index < -0.39 is 17.8 Å². The van der Waals surface area contributed by atoms with Gasteiger partial charge in [0, 0.05) is 11.8 Å². The standard InChI is InChI=1S/C23H22F3N5O3/c1-13-14-3-2-4-17(23(24,25)26)16(14)11-33-7-5-19-29-18-10-27-20(9-15(18)22(28-13)30-19)31-6-8-34-12-21(31)32/h2-4,9-10,13H,5-8,11-12H2,1H3,(H,28,29,30). The smallest absolute Gasteiger partial charge is 0.376 e. The topological polar surface area (TPSA) is 89.5 Å². The van der Waals surface area contributed by atoms with Crippen molar-refractivity contribution in [1.29, 1.82) is 0 Å².